The van der Waals surface area contributed by atoms with Gasteiger partial charge in [0.1, 0.15) is 0 Å². The van der Waals surface area contributed by atoms with Crippen LogP contribution in [0.2, 0.25) is 0 Å². The molecule has 2 heterocycles. The van der Waals surface area contributed by atoms with E-state index in [1.54, 1.807) is 11.3 Å². The van der Waals surface area contributed by atoms with Crippen molar-refractivity contribution in [1.29, 1.82) is 0 Å². The number of anilines is 1. The number of aromatic nitrogens is 1. The first-order chi connectivity index (χ1) is 7.79. The summed E-state index contributed by atoms with van der Waals surface area (Å²) in [4.78, 5) is 6.76. The number of nitrogens with one attached hydrogen (secondary N) is 1. The standard InChI is InChI=1S/C11H19N3OS/c1-12-6-9-8-16-11(13-9)14(2)7-10-4-3-5-15-10/h8,10,12H,3-7H2,1-2H3. The molecular weight excluding hydrogens is 222 g/mol. The van der Waals surface area contributed by atoms with E-state index in [2.05, 4.69) is 27.6 Å². The van der Waals surface area contributed by atoms with Crippen LogP contribution in [0.5, 0.6) is 0 Å². The second kappa shape index (κ2) is 5.61. The number of hydrogen-bond acceptors (Lipinski definition) is 5. The van der Waals surface area contributed by atoms with Crippen molar-refractivity contribution in [2.24, 2.45) is 0 Å². The molecule has 1 saturated heterocycles. The normalized spacial score (nSPS) is 20.2. The molecule has 0 saturated carbocycles. The summed E-state index contributed by atoms with van der Waals surface area (Å²) in [5.41, 5.74) is 1.11. The van der Waals surface area contributed by atoms with Gasteiger partial charge in [-0.2, -0.15) is 0 Å². The highest BCUT2D eigenvalue weighted by Crippen LogP contribution is 2.21. The summed E-state index contributed by atoms with van der Waals surface area (Å²) in [6.07, 6.45) is 2.77. The van der Waals surface area contributed by atoms with E-state index in [9.17, 15) is 0 Å². The van der Waals surface area contributed by atoms with Crippen LogP contribution in [0.25, 0.3) is 0 Å². The Morgan fingerprint density at radius 2 is 2.56 bits per heavy atom. The quantitative estimate of drug-likeness (QED) is 0.847. The first-order valence-electron chi connectivity index (χ1n) is 5.71. The molecule has 1 N–H and O–H groups in total. The molecule has 1 aromatic heterocycles. The average Bonchev–Trinajstić information content (AvgIpc) is 2.89. The second-order valence-corrected chi connectivity index (χ2v) is 5.00. The number of hydrogen-bond donors (Lipinski definition) is 1. The molecule has 1 unspecified atom stereocenters. The Balaban J connectivity index is 1.89. The minimum absolute atomic E-state index is 0.390. The molecule has 1 aromatic rings. The van der Waals surface area contributed by atoms with Crippen LogP contribution < -0.4 is 10.2 Å². The Morgan fingerprint density at radius 1 is 1.69 bits per heavy atom. The number of rotatable bonds is 5. The fourth-order valence-corrected chi connectivity index (χ4v) is 2.71. The van der Waals surface area contributed by atoms with E-state index in [1.807, 2.05) is 7.05 Å². The highest BCUT2D eigenvalue weighted by Gasteiger charge is 2.18. The topological polar surface area (TPSA) is 37.4 Å². The van der Waals surface area contributed by atoms with Crippen molar-refractivity contribution in [2.75, 3.05) is 32.1 Å². The summed E-state index contributed by atoms with van der Waals surface area (Å²) in [7, 11) is 4.03. The minimum atomic E-state index is 0.390. The Labute approximate surface area is 101 Å². The minimum Gasteiger partial charge on any atom is -0.376 e. The molecule has 5 heteroatoms. The van der Waals surface area contributed by atoms with Gasteiger partial charge in [0.05, 0.1) is 11.8 Å². The van der Waals surface area contributed by atoms with Crippen LogP contribution in [0.1, 0.15) is 18.5 Å². The van der Waals surface area contributed by atoms with Crippen LogP contribution in [-0.2, 0) is 11.3 Å². The van der Waals surface area contributed by atoms with Crippen LogP contribution in [0, 0.1) is 0 Å². The van der Waals surface area contributed by atoms with Gasteiger partial charge in [-0.05, 0) is 19.9 Å². The number of thiazole rings is 1. The molecule has 90 valence electrons. The lowest BCUT2D eigenvalue weighted by Crippen LogP contribution is -2.28. The molecule has 0 aromatic carbocycles. The lowest BCUT2D eigenvalue weighted by molar-refractivity contribution is 0.116. The zero-order valence-corrected chi connectivity index (χ0v) is 10.7. The third-order valence-electron chi connectivity index (χ3n) is 2.73. The van der Waals surface area contributed by atoms with Crippen molar-refractivity contribution < 1.29 is 4.74 Å². The van der Waals surface area contributed by atoms with E-state index >= 15 is 0 Å². The molecule has 1 aliphatic rings. The predicted molar refractivity (Wildman–Crippen MR) is 67.1 cm³/mol. The summed E-state index contributed by atoms with van der Waals surface area (Å²) in [5, 5.41) is 6.30. The maximum absolute atomic E-state index is 5.62. The molecule has 4 nitrogen and oxygen atoms in total. The van der Waals surface area contributed by atoms with Gasteiger partial charge < -0.3 is 15.0 Å². The molecule has 1 atom stereocenters. The van der Waals surface area contributed by atoms with Gasteiger partial charge in [0, 0.05) is 32.1 Å². The highest BCUT2D eigenvalue weighted by molar-refractivity contribution is 7.13. The Hall–Kier alpha value is -0.650. The maximum Gasteiger partial charge on any atom is 0.185 e. The fourth-order valence-electron chi connectivity index (χ4n) is 1.91. The smallest absolute Gasteiger partial charge is 0.185 e. The first-order valence-corrected chi connectivity index (χ1v) is 6.59. The highest BCUT2D eigenvalue weighted by atomic mass is 32.1. The van der Waals surface area contributed by atoms with Gasteiger partial charge in [-0.1, -0.05) is 0 Å². The van der Waals surface area contributed by atoms with Crippen molar-refractivity contribution in [3.05, 3.63) is 11.1 Å². The van der Waals surface area contributed by atoms with Crippen LogP contribution in [-0.4, -0.2) is 38.3 Å². The van der Waals surface area contributed by atoms with Crippen molar-refractivity contribution >= 4 is 16.5 Å². The molecular formula is C11H19N3OS. The summed E-state index contributed by atoms with van der Waals surface area (Å²) < 4.78 is 5.62. The summed E-state index contributed by atoms with van der Waals surface area (Å²) in [6.45, 7) is 2.71. The Bertz CT molecular complexity index is 323. The predicted octanol–water partition coefficient (Wildman–Crippen LogP) is 1.48. The van der Waals surface area contributed by atoms with Crippen molar-refractivity contribution in [3.8, 4) is 0 Å². The molecule has 0 amide bonds. The Morgan fingerprint density at radius 3 is 3.25 bits per heavy atom. The zero-order valence-electron chi connectivity index (χ0n) is 9.90. The SMILES string of the molecule is CNCc1csc(N(C)CC2CCCO2)n1. The lowest BCUT2D eigenvalue weighted by Gasteiger charge is -2.19. The molecule has 1 fully saturated rings. The monoisotopic (exact) mass is 241 g/mol. The molecule has 0 bridgehead atoms. The molecule has 2 rings (SSSR count). The van der Waals surface area contributed by atoms with E-state index in [0.717, 1.165) is 30.5 Å². The van der Waals surface area contributed by atoms with Crippen molar-refractivity contribution in [3.63, 3.8) is 0 Å². The van der Waals surface area contributed by atoms with E-state index < -0.39 is 0 Å². The summed E-state index contributed by atoms with van der Waals surface area (Å²) in [5.74, 6) is 0. The average molecular weight is 241 g/mol. The Kier molecular flexibility index (Phi) is 4.15. The summed E-state index contributed by atoms with van der Waals surface area (Å²) in [6, 6.07) is 0. The number of ether oxygens (including phenoxy) is 1. The van der Waals surface area contributed by atoms with Crippen LogP contribution >= 0.6 is 11.3 Å². The molecule has 0 aliphatic carbocycles. The molecule has 0 radical (unpaired) electrons. The van der Waals surface area contributed by atoms with Gasteiger partial charge in [0.2, 0.25) is 0 Å². The number of nitrogens with zero attached hydrogens (tertiary/aromatic N) is 2. The molecule has 1 aliphatic heterocycles. The lowest BCUT2D eigenvalue weighted by atomic mass is 10.2. The van der Waals surface area contributed by atoms with Gasteiger partial charge >= 0.3 is 0 Å². The largest absolute Gasteiger partial charge is 0.376 e. The van der Waals surface area contributed by atoms with Crippen LogP contribution in [0.15, 0.2) is 5.38 Å². The zero-order chi connectivity index (χ0) is 11.4. The third-order valence-corrected chi connectivity index (χ3v) is 3.73. The van der Waals surface area contributed by atoms with Gasteiger partial charge in [0.15, 0.2) is 5.13 Å². The van der Waals surface area contributed by atoms with Gasteiger partial charge in [-0.3, -0.25) is 0 Å². The summed E-state index contributed by atoms with van der Waals surface area (Å²) >= 11 is 1.70. The van der Waals surface area contributed by atoms with E-state index in [-0.39, 0.29) is 0 Å². The van der Waals surface area contributed by atoms with E-state index in [0.29, 0.717) is 6.10 Å². The maximum atomic E-state index is 5.62. The van der Waals surface area contributed by atoms with E-state index in [4.69, 9.17) is 4.74 Å². The molecule has 0 spiro atoms. The number of likely N-dealkylation sites (N-methyl/N-ethyl adjacent to an activating group) is 1. The van der Waals surface area contributed by atoms with Crippen LogP contribution in [0.3, 0.4) is 0 Å². The van der Waals surface area contributed by atoms with Gasteiger partial charge in [-0.15, -0.1) is 11.3 Å². The third kappa shape index (κ3) is 2.93. The second-order valence-electron chi connectivity index (χ2n) is 4.17. The van der Waals surface area contributed by atoms with Gasteiger partial charge in [-0.25, -0.2) is 4.98 Å². The van der Waals surface area contributed by atoms with Crippen molar-refractivity contribution in [1.82, 2.24) is 10.3 Å². The van der Waals surface area contributed by atoms with Crippen LogP contribution in [0.4, 0.5) is 5.13 Å². The van der Waals surface area contributed by atoms with E-state index in [1.165, 1.54) is 12.8 Å². The fraction of sp³-hybridized carbons (Fsp3) is 0.727. The van der Waals surface area contributed by atoms with Crippen molar-refractivity contribution in [2.45, 2.75) is 25.5 Å². The molecule has 16 heavy (non-hydrogen) atoms. The first kappa shape index (κ1) is 11.8. The van der Waals surface area contributed by atoms with Gasteiger partial charge in [0.25, 0.3) is 0 Å².